The number of aromatic nitrogens is 1. The number of rotatable bonds is 4. The van der Waals surface area contributed by atoms with E-state index in [1.54, 1.807) is 0 Å². The summed E-state index contributed by atoms with van der Waals surface area (Å²) in [6.07, 6.45) is 7.31. The van der Waals surface area contributed by atoms with Gasteiger partial charge in [0.15, 0.2) is 0 Å². The zero-order valence-corrected chi connectivity index (χ0v) is 12.5. The smallest absolute Gasteiger partial charge is 0.0702 e. The highest BCUT2D eigenvalue weighted by Gasteiger charge is 2.30. The minimum atomic E-state index is 0.483. The maximum Gasteiger partial charge on any atom is 0.0702 e. The van der Waals surface area contributed by atoms with Crippen LogP contribution < -0.4 is 5.32 Å². The van der Waals surface area contributed by atoms with Gasteiger partial charge >= 0.3 is 0 Å². The quantitative estimate of drug-likeness (QED) is 0.893. The van der Waals surface area contributed by atoms with Crippen LogP contribution in [0.1, 0.15) is 44.2 Å². The maximum absolute atomic E-state index is 4.41. The van der Waals surface area contributed by atoms with Gasteiger partial charge in [0, 0.05) is 17.6 Å². The molecule has 3 rings (SSSR count). The van der Waals surface area contributed by atoms with Gasteiger partial charge in [0.25, 0.3) is 0 Å². The van der Waals surface area contributed by atoms with Crippen molar-refractivity contribution in [2.75, 3.05) is 7.05 Å². The summed E-state index contributed by atoms with van der Waals surface area (Å²) < 4.78 is 0. The van der Waals surface area contributed by atoms with Crippen LogP contribution in [0.25, 0.3) is 10.9 Å². The molecule has 2 aromatic rings. The maximum atomic E-state index is 4.41. The molecule has 1 aliphatic carbocycles. The van der Waals surface area contributed by atoms with Crippen LogP contribution >= 0.6 is 0 Å². The number of hydrogen-bond acceptors (Lipinski definition) is 2. The highest BCUT2D eigenvalue weighted by molar-refractivity contribution is 5.79. The Balaban J connectivity index is 1.87. The molecular formula is C18H24N2. The second kappa shape index (κ2) is 5.92. The zero-order chi connectivity index (χ0) is 13.9. The number of nitrogens with one attached hydrogen (secondary N) is 1. The van der Waals surface area contributed by atoms with Crippen molar-refractivity contribution in [3.05, 3.63) is 42.1 Å². The summed E-state index contributed by atoms with van der Waals surface area (Å²) >= 11 is 0. The van der Waals surface area contributed by atoms with E-state index in [1.165, 1.54) is 36.6 Å². The second-order valence-corrected chi connectivity index (χ2v) is 6.07. The molecule has 1 aromatic heterocycles. The third kappa shape index (κ3) is 2.57. The summed E-state index contributed by atoms with van der Waals surface area (Å²) in [5, 5.41) is 4.79. The highest BCUT2D eigenvalue weighted by Crippen LogP contribution is 2.40. The van der Waals surface area contributed by atoms with Gasteiger partial charge in [-0.1, -0.05) is 31.9 Å². The van der Waals surface area contributed by atoms with Gasteiger partial charge in [-0.2, -0.15) is 0 Å². The van der Waals surface area contributed by atoms with E-state index in [2.05, 4.69) is 48.5 Å². The van der Waals surface area contributed by atoms with E-state index >= 15 is 0 Å². The largest absolute Gasteiger partial charge is 0.313 e. The van der Waals surface area contributed by atoms with Crippen LogP contribution in [-0.4, -0.2) is 12.0 Å². The Morgan fingerprint density at radius 2 is 2.20 bits per heavy atom. The van der Waals surface area contributed by atoms with Crippen LogP contribution in [0.5, 0.6) is 0 Å². The van der Waals surface area contributed by atoms with E-state index in [9.17, 15) is 0 Å². The molecule has 2 heteroatoms. The molecule has 0 amide bonds. The van der Waals surface area contributed by atoms with E-state index < -0.39 is 0 Å². The molecule has 1 fully saturated rings. The Bertz CT molecular complexity index is 578. The summed E-state index contributed by atoms with van der Waals surface area (Å²) in [5.41, 5.74) is 2.50. The lowest BCUT2D eigenvalue weighted by molar-refractivity contribution is 0.373. The Labute approximate surface area is 121 Å². The highest BCUT2D eigenvalue weighted by atomic mass is 14.9. The van der Waals surface area contributed by atoms with E-state index in [0.29, 0.717) is 6.04 Å². The molecule has 0 spiro atoms. The predicted molar refractivity (Wildman–Crippen MR) is 84.7 cm³/mol. The van der Waals surface area contributed by atoms with Crippen molar-refractivity contribution in [3.63, 3.8) is 0 Å². The molecular weight excluding hydrogens is 244 g/mol. The number of benzene rings is 1. The van der Waals surface area contributed by atoms with Crippen LogP contribution in [0.2, 0.25) is 0 Å². The lowest BCUT2D eigenvalue weighted by Crippen LogP contribution is -2.23. The van der Waals surface area contributed by atoms with Crippen molar-refractivity contribution >= 4 is 10.9 Å². The molecule has 106 valence electrons. The SMILES string of the molecule is CCC1CCC(C(NC)c2ccc3ncccc3c2)C1. The van der Waals surface area contributed by atoms with Gasteiger partial charge in [-0.25, -0.2) is 0 Å². The predicted octanol–water partition coefficient (Wildman–Crippen LogP) is 4.32. The Hall–Kier alpha value is -1.41. The summed E-state index contributed by atoms with van der Waals surface area (Å²) in [4.78, 5) is 4.41. The number of hydrogen-bond donors (Lipinski definition) is 1. The van der Waals surface area contributed by atoms with Crippen LogP contribution in [0, 0.1) is 11.8 Å². The average molecular weight is 268 g/mol. The fourth-order valence-corrected chi connectivity index (χ4v) is 3.75. The monoisotopic (exact) mass is 268 g/mol. The Morgan fingerprint density at radius 3 is 2.95 bits per heavy atom. The van der Waals surface area contributed by atoms with Gasteiger partial charge in [0.1, 0.15) is 0 Å². The van der Waals surface area contributed by atoms with Crippen LogP contribution in [0.3, 0.4) is 0 Å². The van der Waals surface area contributed by atoms with Crippen molar-refractivity contribution in [3.8, 4) is 0 Å². The van der Waals surface area contributed by atoms with Gasteiger partial charge in [-0.3, -0.25) is 4.98 Å². The van der Waals surface area contributed by atoms with Crippen molar-refractivity contribution in [2.45, 2.75) is 38.6 Å². The van der Waals surface area contributed by atoms with Gasteiger partial charge in [0.05, 0.1) is 5.52 Å². The van der Waals surface area contributed by atoms with E-state index in [0.717, 1.165) is 17.4 Å². The molecule has 20 heavy (non-hydrogen) atoms. The summed E-state index contributed by atoms with van der Waals surface area (Å²) in [7, 11) is 2.09. The lowest BCUT2D eigenvalue weighted by atomic mass is 9.90. The number of nitrogens with zero attached hydrogens (tertiary/aromatic N) is 1. The van der Waals surface area contributed by atoms with E-state index in [4.69, 9.17) is 0 Å². The van der Waals surface area contributed by atoms with Crippen molar-refractivity contribution in [1.29, 1.82) is 0 Å². The summed E-state index contributed by atoms with van der Waals surface area (Å²) in [6, 6.07) is 11.4. The van der Waals surface area contributed by atoms with Crippen LogP contribution in [0.15, 0.2) is 36.5 Å². The molecule has 0 bridgehead atoms. The van der Waals surface area contributed by atoms with Crippen molar-refractivity contribution < 1.29 is 0 Å². The Morgan fingerprint density at radius 1 is 1.30 bits per heavy atom. The van der Waals surface area contributed by atoms with E-state index in [1.807, 2.05) is 12.3 Å². The van der Waals surface area contributed by atoms with Crippen molar-refractivity contribution in [2.24, 2.45) is 11.8 Å². The molecule has 3 unspecified atom stereocenters. The zero-order valence-electron chi connectivity index (χ0n) is 12.5. The molecule has 1 N–H and O–H groups in total. The first kappa shape index (κ1) is 13.6. The standard InChI is InChI=1S/C18H24N2/c1-3-13-6-7-15(11-13)18(19-2)16-8-9-17-14(12-16)5-4-10-20-17/h4-5,8-10,12-13,15,18-19H,3,6-7,11H2,1-2H3. The average Bonchev–Trinajstić information content (AvgIpc) is 2.97. The minimum Gasteiger partial charge on any atom is -0.313 e. The molecule has 0 aliphatic heterocycles. The molecule has 0 radical (unpaired) electrons. The first-order valence-corrected chi connectivity index (χ1v) is 7.83. The Kier molecular flexibility index (Phi) is 4.02. The fourth-order valence-electron chi connectivity index (χ4n) is 3.75. The fraction of sp³-hybridized carbons (Fsp3) is 0.500. The summed E-state index contributed by atoms with van der Waals surface area (Å²) in [6.45, 7) is 2.32. The van der Waals surface area contributed by atoms with Gasteiger partial charge in [-0.05, 0) is 55.5 Å². The molecule has 2 nitrogen and oxygen atoms in total. The molecule has 1 saturated carbocycles. The second-order valence-electron chi connectivity index (χ2n) is 6.07. The third-order valence-electron chi connectivity index (χ3n) is 4.93. The molecule has 1 aliphatic rings. The lowest BCUT2D eigenvalue weighted by Gasteiger charge is -2.24. The molecule has 3 atom stereocenters. The first-order valence-electron chi connectivity index (χ1n) is 7.83. The number of pyridine rings is 1. The molecule has 1 heterocycles. The normalized spacial score (nSPS) is 24.1. The first-order chi connectivity index (χ1) is 9.81. The third-order valence-corrected chi connectivity index (χ3v) is 4.93. The number of fused-ring (bicyclic) bond motifs is 1. The topological polar surface area (TPSA) is 24.9 Å². The minimum absolute atomic E-state index is 0.483. The molecule has 0 saturated heterocycles. The van der Waals surface area contributed by atoms with Gasteiger partial charge < -0.3 is 5.32 Å². The van der Waals surface area contributed by atoms with Crippen LogP contribution in [-0.2, 0) is 0 Å². The van der Waals surface area contributed by atoms with Gasteiger partial charge in [-0.15, -0.1) is 0 Å². The van der Waals surface area contributed by atoms with E-state index in [-0.39, 0.29) is 0 Å². The van der Waals surface area contributed by atoms with Crippen LogP contribution in [0.4, 0.5) is 0 Å². The van der Waals surface area contributed by atoms with Crippen molar-refractivity contribution in [1.82, 2.24) is 10.3 Å². The molecule has 1 aromatic carbocycles. The summed E-state index contributed by atoms with van der Waals surface area (Å²) in [5.74, 6) is 1.71. The van der Waals surface area contributed by atoms with Gasteiger partial charge in [0.2, 0.25) is 0 Å².